The Labute approximate surface area is 85.6 Å². The first-order valence-electron chi connectivity index (χ1n) is 3.17. The van der Waals surface area contributed by atoms with Crippen molar-refractivity contribution >= 4 is 5.97 Å². The molecule has 1 aliphatic rings. The number of carboxylic acids is 1. The van der Waals surface area contributed by atoms with Crippen LogP contribution in [0.5, 0.6) is 0 Å². The summed E-state index contributed by atoms with van der Waals surface area (Å²) in [6.07, 6.45) is 6.42. The van der Waals surface area contributed by atoms with E-state index in [4.69, 9.17) is 5.11 Å². The van der Waals surface area contributed by atoms with Crippen molar-refractivity contribution in [3.8, 4) is 0 Å². The minimum atomic E-state index is -0.688. The van der Waals surface area contributed by atoms with Gasteiger partial charge in [0.25, 0.3) is 0 Å². The van der Waals surface area contributed by atoms with Crippen molar-refractivity contribution in [1.82, 2.24) is 0 Å². The standard InChI is InChI=1S/C7H10O2.Y/c8-7(9)5-6-3-1-2-4-6;/h1,3,6H,2,4-5H2,(H,8,9);. The summed E-state index contributed by atoms with van der Waals surface area (Å²) in [5, 5.41) is 8.34. The maximum absolute atomic E-state index is 10.1. The van der Waals surface area contributed by atoms with Gasteiger partial charge >= 0.3 is 5.97 Å². The topological polar surface area (TPSA) is 37.3 Å². The zero-order valence-electron chi connectivity index (χ0n) is 5.79. The van der Waals surface area contributed by atoms with Crippen LogP contribution in [0.2, 0.25) is 0 Å². The molecule has 0 aromatic carbocycles. The predicted molar refractivity (Wildman–Crippen MR) is 34.1 cm³/mol. The number of allylic oxidation sites excluding steroid dienone is 2. The molecule has 10 heavy (non-hydrogen) atoms. The molecule has 0 bridgehead atoms. The summed E-state index contributed by atoms with van der Waals surface area (Å²) in [5.41, 5.74) is 0. The van der Waals surface area contributed by atoms with Gasteiger partial charge in [0.2, 0.25) is 0 Å². The maximum Gasteiger partial charge on any atom is 0.303 e. The van der Waals surface area contributed by atoms with Gasteiger partial charge in [-0.05, 0) is 18.8 Å². The molecule has 0 spiro atoms. The molecule has 0 saturated heterocycles. The first-order chi connectivity index (χ1) is 4.29. The smallest absolute Gasteiger partial charge is 0.303 e. The van der Waals surface area contributed by atoms with E-state index in [1.54, 1.807) is 0 Å². The van der Waals surface area contributed by atoms with Crippen molar-refractivity contribution in [3.05, 3.63) is 12.2 Å². The summed E-state index contributed by atoms with van der Waals surface area (Å²) in [6.45, 7) is 0. The summed E-state index contributed by atoms with van der Waals surface area (Å²) in [5.74, 6) is -0.381. The van der Waals surface area contributed by atoms with Crippen LogP contribution in [-0.4, -0.2) is 11.1 Å². The molecule has 0 heterocycles. The van der Waals surface area contributed by atoms with Crippen LogP contribution in [0, 0.1) is 5.92 Å². The average Bonchev–Trinajstić information content (AvgIpc) is 2.15. The van der Waals surface area contributed by atoms with E-state index in [-0.39, 0.29) is 32.7 Å². The third kappa shape index (κ3) is 3.47. The third-order valence-corrected chi connectivity index (χ3v) is 1.55. The molecule has 0 saturated carbocycles. The Balaban J connectivity index is 0.000000810. The van der Waals surface area contributed by atoms with Gasteiger partial charge in [0.15, 0.2) is 0 Å². The molecule has 0 aromatic heterocycles. The normalized spacial score (nSPS) is 22.2. The molecule has 0 aromatic rings. The fourth-order valence-electron chi connectivity index (χ4n) is 1.09. The SMILES string of the molecule is O=C(O)CC1C=CCC1.[Y]. The Kier molecular flexibility index (Phi) is 5.19. The molecule has 1 unspecified atom stereocenters. The minimum absolute atomic E-state index is 0. The zero-order chi connectivity index (χ0) is 6.69. The van der Waals surface area contributed by atoms with E-state index in [9.17, 15) is 4.79 Å². The predicted octanol–water partition coefficient (Wildman–Crippen LogP) is 1.42. The Morgan fingerprint density at radius 2 is 2.40 bits per heavy atom. The Morgan fingerprint density at radius 3 is 2.80 bits per heavy atom. The van der Waals surface area contributed by atoms with E-state index in [0.29, 0.717) is 12.3 Å². The first kappa shape index (κ1) is 10.3. The van der Waals surface area contributed by atoms with E-state index >= 15 is 0 Å². The van der Waals surface area contributed by atoms with Crippen LogP contribution < -0.4 is 0 Å². The van der Waals surface area contributed by atoms with Gasteiger partial charge < -0.3 is 5.11 Å². The van der Waals surface area contributed by atoms with Crippen LogP contribution in [0.3, 0.4) is 0 Å². The van der Waals surface area contributed by atoms with Crippen LogP contribution in [0.25, 0.3) is 0 Å². The third-order valence-electron chi connectivity index (χ3n) is 1.55. The fourth-order valence-corrected chi connectivity index (χ4v) is 1.09. The van der Waals surface area contributed by atoms with Crippen LogP contribution in [-0.2, 0) is 37.5 Å². The Morgan fingerprint density at radius 1 is 1.70 bits per heavy atom. The molecule has 1 rings (SSSR count). The van der Waals surface area contributed by atoms with Crippen molar-refractivity contribution in [2.45, 2.75) is 19.3 Å². The zero-order valence-corrected chi connectivity index (χ0v) is 8.62. The van der Waals surface area contributed by atoms with Gasteiger partial charge in [-0.15, -0.1) is 0 Å². The number of rotatable bonds is 2. The van der Waals surface area contributed by atoms with Gasteiger partial charge in [-0.2, -0.15) is 0 Å². The number of aliphatic carboxylic acids is 1. The molecule has 53 valence electrons. The summed E-state index contributed by atoms with van der Waals surface area (Å²) < 4.78 is 0. The van der Waals surface area contributed by atoms with Crippen LogP contribution in [0.1, 0.15) is 19.3 Å². The van der Waals surface area contributed by atoms with Crippen molar-refractivity contribution in [2.24, 2.45) is 5.92 Å². The molecule has 1 radical (unpaired) electrons. The average molecular weight is 215 g/mol. The second-order valence-electron chi connectivity index (χ2n) is 2.36. The quantitative estimate of drug-likeness (QED) is 0.707. The molecule has 0 aliphatic heterocycles. The minimum Gasteiger partial charge on any atom is -0.481 e. The maximum atomic E-state index is 10.1. The van der Waals surface area contributed by atoms with Crippen LogP contribution in [0.15, 0.2) is 12.2 Å². The van der Waals surface area contributed by atoms with E-state index in [1.165, 1.54) is 0 Å². The van der Waals surface area contributed by atoms with E-state index in [2.05, 4.69) is 0 Å². The molecule has 1 aliphatic carbocycles. The van der Waals surface area contributed by atoms with Crippen LogP contribution in [0.4, 0.5) is 0 Å². The molecule has 1 N–H and O–H groups in total. The van der Waals surface area contributed by atoms with Gasteiger partial charge in [0, 0.05) is 32.7 Å². The van der Waals surface area contributed by atoms with Gasteiger partial charge in [0.05, 0.1) is 6.42 Å². The molecule has 0 amide bonds. The van der Waals surface area contributed by atoms with Crippen molar-refractivity contribution in [3.63, 3.8) is 0 Å². The number of carboxylic acid groups (broad SMARTS) is 1. The second kappa shape index (κ2) is 5.03. The molecule has 1 atom stereocenters. The monoisotopic (exact) mass is 215 g/mol. The number of carbonyl (C=O) groups is 1. The summed E-state index contributed by atoms with van der Waals surface area (Å²) in [4.78, 5) is 10.1. The summed E-state index contributed by atoms with van der Waals surface area (Å²) in [6, 6.07) is 0. The Bertz CT molecular complexity index is 143. The second-order valence-corrected chi connectivity index (χ2v) is 2.36. The number of hydrogen-bond acceptors (Lipinski definition) is 1. The molecular formula is C7H10O2Y. The van der Waals surface area contributed by atoms with Crippen LogP contribution >= 0.6 is 0 Å². The van der Waals surface area contributed by atoms with Gasteiger partial charge in [-0.3, -0.25) is 4.79 Å². The van der Waals surface area contributed by atoms with Crippen molar-refractivity contribution < 1.29 is 42.6 Å². The number of hydrogen-bond donors (Lipinski definition) is 1. The van der Waals surface area contributed by atoms with Crippen molar-refractivity contribution in [1.29, 1.82) is 0 Å². The van der Waals surface area contributed by atoms with Gasteiger partial charge in [-0.25, -0.2) is 0 Å². The largest absolute Gasteiger partial charge is 0.481 e. The molecule has 2 nitrogen and oxygen atoms in total. The van der Waals surface area contributed by atoms with Crippen molar-refractivity contribution in [2.75, 3.05) is 0 Å². The molecular weight excluding hydrogens is 205 g/mol. The van der Waals surface area contributed by atoms with E-state index in [0.717, 1.165) is 12.8 Å². The first-order valence-corrected chi connectivity index (χ1v) is 3.17. The summed E-state index contributed by atoms with van der Waals surface area (Å²) >= 11 is 0. The molecule has 0 fully saturated rings. The van der Waals surface area contributed by atoms with Gasteiger partial charge in [-0.1, -0.05) is 12.2 Å². The fraction of sp³-hybridized carbons (Fsp3) is 0.571. The Hall–Kier alpha value is 0.314. The molecule has 3 heteroatoms. The van der Waals surface area contributed by atoms with E-state index in [1.807, 2.05) is 12.2 Å². The summed E-state index contributed by atoms with van der Waals surface area (Å²) in [7, 11) is 0. The van der Waals surface area contributed by atoms with E-state index < -0.39 is 5.97 Å². The van der Waals surface area contributed by atoms with Gasteiger partial charge in [0.1, 0.15) is 0 Å².